The Kier molecular flexibility index (Phi) is 6.51. The third-order valence-corrected chi connectivity index (χ3v) is 7.00. The van der Waals surface area contributed by atoms with Crippen molar-refractivity contribution in [2.45, 2.75) is 11.7 Å². The number of halogens is 1. The van der Waals surface area contributed by atoms with E-state index in [1.807, 2.05) is 22.8 Å². The topological polar surface area (TPSA) is 85.2 Å². The molecule has 33 heavy (non-hydrogen) atoms. The number of benzene rings is 2. The van der Waals surface area contributed by atoms with Crippen molar-refractivity contribution in [2.24, 2.45) is 0 Å². The molecule has 1 amide bonds. The van der Waals surface area contributed by atoms with Crippen LogP contribution in [0.1, 0.15) is 5.56 Å². The second-order valence-corrected chi connectivity index (χ2v) is 9.39. The van der Waals surface area contributed by atoms with E-state index < -0.39 is 0 Å². The molecule has 0 radical (unpaired) electrons. The van der Waals surface area contributed by atoms with Crippen molar-refractivity contribution >= 4 is 50.3 Å². The number of hydrogen-bond donors (Lipinski definition) is 1. The minimum Gasteiger partial charge on any atom is -0.378 e. The molecule has 170 valence electrons. The van der Waals surface area contributed by atoms with E-state index in [1.165, 1.54) is 35.2 Å². The van der Waals surface area contributed by atoms with E-state index in [9.17, 15) is 9.18 Å². The van der Waals surface area contributed by atoms with Crippen LogP contribution in [0.25, 0.3) is 10.2 Å². The van der Waals surface area contributed by atoms with Crippen LogP contribution in [0.4, 0.5) is 15.5 Å². The Balaban J connectivity index is 1.30. The summed E-state index contributed by atoms with van der Waals surface area (Å²) in [5.74, 6) is 0.397. The van der Waals surface area contributed by atoms with Gasteiger partial charge in [-0.3, -0.25) is 9.36 Å². The number of morpholine rings is 1. The molecule has 0 saturated carbocycles. The lowest BCUT2D eigenvalue weighted by molar-refractivity contribution is -0.113. The lowest BCUT2D eigenvalue weighted by atomic mass is 10.2. The van der Waals surface area contributed by atoms with Crippen LogP contribution >= 0.6 is 23.1 Å². The average molecular weight is 485 g/mol. The molecule has 0 atom stereocenters. The van der Waals surface area contributed by atoms with E-state index in [4.69, 9.17) is 4.74 Å². The lowest BCUT2D eigenvalue weighted by Crippen LogP contribution is -2.38. The number of amides is 1. The van der Waals surface area contributed by atoms with Gasteiger partial charge in [0.1, 0.15) is 5.82 Å². The number of nitrogens with zero attached hydrogens (tertiary/aromatic N) is 5. The summed E-state index contributed by atoms with van der Waals surface area (Å²) < 4.78 is 21.6. The first kappa shape index (κ1) is 21.8. The number of thioether (sulfide) groups is 1. The number of hydrogen-bond acceptors (Lipinski definition) is 8. The lowest BCUT2D eigenvalue weighted by Gasteiger charge is -2.28. The largest absolute Gasteiger partial charge is 0.378 e. The molecule has 11 heteroatoms. The summed E-state index contributed by atoms with van der Waals surface area (Å²) in [6.45, 7) is 3.39. The number of fused-ring (bicyclic) bond motifs is 1. The van der Waals surface area contributed by atoms with Gasteiger partial charge >= 0.3 is 0 Å². The number of thiazole rings is 1. The first-order valence-electron chi connectivity index (χ1n) is 10.4. The highest BCUT2D eigenvalue weighted by molar-refractivity contribution is 7.99. The highest BCUT2D eigenvalue weighted by Crippen LogP contribution is 2.28. The summed E-state index contributed by atoms with van der Waals surface area (Å²) in [5, 5.41) is 12.7. The maximum Gasteiger partial charge on any atom is 0.236 e. The fourth-order valence-corrected chi connectivity index (χ4v) is 5.17. The van der Waals surface area contributed by atoms with Crippen LogP contribution in [0.2, 0.25) is 0 Å². The van der Waals surface area contributed by atoms with Crippen molar-refractivity contribution in [3.63, 3.8) is 0 Å². The fraction of sp³-hybridized carbons (Fsp3) is 0.273. The molecular formula is C22H21FN6O2S2. The van der Waals surface area contributed by atoms with Gasteiger partial charge in [0.25, 0.3) is 0 Å². The SMILES string of the molecule is O=C(CSc1nnc(N2CCOCC2)n1Cc1ccccc1)Nc1nc2ccc(F)cc2s1. The molecule has 5 rings (SSSR count). The van der Waals surface area contributed by atoms with Crippen LogP contribution in [0, 0.1) is 5.82 Å². The number of rotatable bonds is 7. The second kappa shape index (κ2) is 9.86. The molecular weight excluding hydrogens is 463 g/mol. The Bertz CT molecular complexity index is 1260. The molecule has 3 heterocycles. The van der Waals surface area contributed by atoms with E-state index >= 15 is 0 Å². The van der Waals surface area contributed by atoms with Gasteiger partial charge in [-0.25, -0.2) is 9.37 Å². The van der Waals surface area contributed by atoms with Crippen LogP contribution in [0.3, 0.4) is 0 Å². The van der Waals surface area contributed by atoms with Crippen LogP contribution < -0.4 is 10.2 Å². The maximum absolute atomic E-state index is 13.4. The van der Waals surface area contributed by atoms with E-state index in [-0.39, 0.29) is 17.5 Å². The molecule has 0 spiro atoms. The Morgan fingerprint density at radius 2 is 1.97 bits per heavy atom. The van der Waals surface area contributed by atoms with Crippen LogP contribution in [-0.4, -0.2) is 57.7 Å². The average Bonchev–Trinajstić information content (AvgIpc) is 3.42. The van der Waals surface area contributed by atoms with Gasteiger partial charge in [-0.1, -0.05) is 53.4 Å². The summed E-state index contributed by atoms with van der Waals surface area (Å²) in [7, 11) is 0. The Morgan fingerprint density at radius 3 is 2.79 bits per heavy atom. The Morgan fingerprint density at radius 1 is 1.15 bits per heavy atom. The van der Waals surface area contributed by atoms with Crippen molar-refractivity contribution in [1.29, 1.82) is 0 Å². The predicted octanol–water partition coefficient (Wildman–Crippen LogP) is 3.64. The van der Waals surface area contributed by atoms with Gasteiger partial charge in [0.05, 0.1) is 35.7 Å². The molecule has 8 nitrogen and oxygen atoms in total. The Labute approximate surface area is 197 Å². The highest BCUT2D eigenvalue weighted by Gasteiger charge is 2.21. The zero-order valence-corrected chi connectivity index (χ0v) is 19.2. The summed E-state index contributed by atoms with van der Waals surface area (Å²) >= 11 is 2.57. The zero-order chi connectivity index (χ0) is 22.6. The summed E-state index contributed by atoms with van der Waals surface area (Å²) in [5.41, 5.74) is 1.78. The first-order chi connectivity index (χ1) is 16.2. The fourth-order valence-electron chi connectivity index (χ4n) is 3.53. The van der Waals surface area contributed by atoms with Crippen LogP contribution in [-0.2, 0) is 16.1 Å². The third kappa shape index (κ3) is 5.15. The molecule has 1 saturated heterocycles. The van der Waals surface area contributed by atoms with Crippen LogP contribution in [0.15, 0.2) is 53.7 Å². The highest BCUT2D eigenvalue weighted by atomic mass is 32.2. The van der Waals surface area contributed by atoms with Gasteiger partial charge < -0.3 is 15.0 Å². The van der Waals surface area contributed by atoms with Gasteiger partial charge in [-0.05, 0) is 23.8 Å². The number of carbonyl (C=O) groups excluding carboxylic acids is 1. The molecule has 1 aliphatic rings. The normalized spacial score (nSPS) is 14.0. The molecule has 0 bridgehead atoms. The quantitative estimate of drug-likeness (QED) is 0.401. The molecule has 1 aliphatic heterocycles. The maximum atomic E-state index is 13.4. The third-order valence-electron chi connectivity index (χ3n) is 5.10. The number of anilines is 2. The number of nitrogens with one attached hydrogen (secondary N) is 1. The standard InChI is InChI=1S/C22H21FN6O2S2/c23-16-6-7-17-18(12-16)33-20(24-17)25-19(30)14-32-22-27-26-21(28-8-10-31-11-9-28)29(22)13-15-4-2-1-3-5-15/h1-7,12H,8-11,13-14H2,(H,24,25,30). The van der Waals surface area contributed by atoms with Gasteiger partial charge in [0.15, 0.2) is 10.3 Å². The van der Waals surface area contributed by atoms with Crippen molar-refractivity contribution in [1.82, 2.24) is 19.7 Å². The minimum absolute atomic E-state index is 0.153. The number of aromatic nitrogens is 4. The van der Waals surface area contributed by atoms with E-state index in [0.717, 1.165) is 24.6 Å². The van der Waals surface area contributed by atoms with Gasteiger partial charge in [-0.15, -0.1) is 10.2 Å². The van der Waals surface area contributed by atoms with Crippen molar-refractivity contribution < 1.29 is 13.9 Å². The van der Waals surface area contributed by atoms with Gasteiger partial charge in [-0.2, -0.15) is 0 Å². The Hall–Kier alpha value is -3.02. The zero-order valence-electron chi connectivity index (χ0n) is 17.6. The monoisotopic (exact) mass is 484 g/mol. The van der Waals surface area contributed by atoms with Crippen LogP contribution in [0.5, 0.6) is 0 Å². The number of carbonyl (C=O) groups is 1. The van der Waals surface area contributed by atoms with Gasteiger partial charge in [0, 0.05) is 13.1 Å². The molecule has 1 N–H and O–H groups in total. The summed E-state index contributed by atoms with van der Waals surface area (Å²) in [6, 6.07) is 14.5. The molecule has 4 aromatic rings. The smallest absolute Gasteiger partial charge is 0.236 e. The number of ether oxygens (including phenoxy) is 1. The van der Waals surface area contributed by atoms with Crippen molar-refractivity contribution in [3.8, 4) is 0 Å². The molecule has 1 fully saturated rings. The molecule has 2 aromatic carbocycles. The van der Waals surface area contributed by atoms with Crippen molar-refractivity contribution in [2.75, 3.05) is 42.3 Å². The minimum atomic E-state index is -0.326. The summed E-state index contributed by atoms with van der Waals surface area (Å²) in [4.78, 5) is 19.1. The second-order valence-electron chi connectivity index (χ2n) is 7.42. The predicted molar refractivity (Wildman–Crippen MR) is 128 cm³/mol. The van der Waals surface area contributed by atoms with Gasteiger partial charge in [0.2, 0.25) is 11.9 Å². The van der Waals surface area contributed by atoms with Crippen molar-refractivity contribution in [3.05, 3.63) is 59.9 Å². The van der Waals surface area contributed by atoms with E-state index in [2.05, 4.69) is 37.5 Å². The van der Waals surface area contributed by atoms with E-state index in [1.54, 1.807) is 6.07 Å². The first-order valence-corrected chi connectivity index (χ1v) is 12.2. The molecule has 0 aliphatic carbocycles. The van der Waals surface area contributed by atoms with E-state index in [0.29, 0.717) is 40.3 Å². The molecule has 2 aromatic heterocycles. The summed E-state index contributed by atoms with van der Waals surface area (Å²) in [6.07, 6.45) is 0. The molecule has 0 unspecified atom stereocenters.